The Hall–Kier alpha value is -2.86. The van der Waals surface area contributed by atoms with E-state index in [2.05, 4.69) is 42.7 Å². The van der Waals surface area contributed by atoms with Crippen LogP contribution in [-0.4, -0.2) is 11.8 Å². The van der Waals surface area contributed by atoms with Gasteiger partial charge in [0.05, 0.1) is 22.2 Å². The van der Waals surface area contributed by atoms with Gasteiger partial charge in [0.1, 0.15) is 0 Å². The second kappa shape index (κ2) is 7.52. The van der Waals surface area contributed by atoms with Crippen LogP contribution in [0.25, 0.3) is 0 Å². The monoisotopic (exact) mass is 408 g/mol. The van der Waals surface area contributed by atoms with Gasteiger partial charge in [0.15, 0.2) is 5.76 Å². The summed E-state index contributed by atoms with van der Waals surface area (Å²) in [6.45, 7) is 6.38. The molecule has 3 aromatic rings. The van der Waals surface area contributed by atoms with Gasteiger partial charge in [-0.3, -0.25) is 9.59 Å². The summed E-state index contributed by atoms with van der Waals surface area (Å²) < 4.78 is 5.12. The van der Waals surface area contributed by atoms with Gasteiger partial charge >= 0.3 is 0 Å². The minimum atomic E-state index is -0.327. The highest BCUT2D eigenvalue weighted by atomic mass is 32.1. The smallest absolute Gasteiger partial charge is 0.291 e. The van der Waals surface area contributed by atoms with Gasteiger partial charge in [0.2, 0.25) is 0 Å². The highest BCUT2D eigenvalue weighted by molar-refractivity contribution is 7.18. The van der Waals surface area contributed by atoms with E-state index in [0.29, 0.717) is 9.88 Å². The Morgan fingerprint density at radius 1 is 1.14 bits per heavy atom. The van der Waals surface area contributed by atoms with Crippen LogP contribution in [0, 0.1) is 6.92 Å². The van der Waals surface area contributed by atoms with E-state index in [0.717, 1.165) is 18.4 Å². The maximum Gasteiger partial charge on any atom is 0.291 e. The summed E-state index contributed by atoms with van der Waals surface area (Å²) >= 11 is 1.28. The van der Waals surface area contributed by atoms with Crippen LogP contribution in [0.4, 0.5) is 5.00 Å². The van der Waals surface area contributed by atoms with E-state index in [1.165, 1.54) is 28.7 Å². The summed E-state index contributed by atoms with van der Waals surface area (Å²) in [4.78, 5) is 25.8. The molecule has 0 fully saturated rings. The average Bonchev–Trinajstić information content (AvgIpc) is 3.34. The summed E-state index contributed by atoms with van der Waals surface area (Å²) in [7, 11) is 0. The molecule has 1 atom stereocenters. The van der Waals surface area contributed by atoms with Crippen molar-refractivity contribution in [2.24, 2.45) is 0 Å². The van der Waals surface area contributed by atoms with E-state index in [4.69, 9.17) is 4.42 Å². The Labute approximate surface area is 174 Å². The van der Waals surface area contributed by atoms with Crippen LogP contribution >= 0.6 is 11.3 Å². The highest BCUT2D eigenvalue weighted by Crippen LogP contribution is 2.41. The molecule has 0 radical (unpaired) electrons. The van der Waals surface area contributed by atoms with Gasteiger partial charge in [-0.15, -0.1) is 11.3 Å². The van der Waals surface area contributed by atoms with Crippen LogP contribution in [0.15, 0.2) is 53.1 Å². The van der Waals surface area contributed by atoms with Gasteiger partial charge < -0.3 is 15.1 Å². The van der Waals surface area contributed by atoms with Gasteiger partial charge in [-0.25, -0.2) is 0 Å². The van der Waals surface area contributed by atoms with Crippen molar-refractivity contribution in [2.75, 3.05) is 5.32 Å². The Morgan fingerprint density at radius 3 is 2.69 bits per heavy atom. The number of hydrogen-bond acceptors (Lipinski definition) is 4. The largest absolute Gasteiger partial charge is 0.459 e. The van der Waals surface area contributed by atoms with E-state index in [-0.39, 0.29) is 29.0 Å². The second-order valence-electron chi connectivity index (χ2n) is 8.09. The van der Waals surface area contributed by atoms with Crippen LogP contribution in [0.2, 0.25) is 0 Å². The van der Waals surface area contributed by atoms with Gasteiger partial charge in [-0.05, 0) is 60.1 Å². The van der Waals surface area contributed by atoms with Crippen LogP contribution in [0.3, 0.4) is 0 Å². The summed E-state index contributed by atoms with van der Waals surface area (Å²) in [5.41, 5.74) is 3.44. The van der Waals surface area contributed by atoms with Crippen molar-refractivity contribution in [3.05, 3.63) is 76.1 Å². The third kappa shape index (κ3) is 3.85. The zero-order valence-electron chi connectivity index (χ0n) is 16.7. The molecule has 4 rings (SSSR count). The Bertz CT molecular complexity index is 1050. The lowest BCUT2D eigenvalue weighted by Gasteiger charge is -2.37. The molecule has 6 heteroatoms. The summed E-state index contributed by atoms with van der Waals surface area (Å²) in [5.74, 6) is -0.194. The zero-order valence-corrected chi connectivity index (χ0v) is 17.6. The minimum absolute atomic E-state index is 0.00520. The van der Waals surface area contributed by atoms with Crippen LogP contribution in [0.5, 0.6) is 0 Å². The number of hydrogen-bond donors (Lipinski definition) is 2. The molecule has 1 aromatic carbocycles. The topological polar surface area (TPSA) is 71.3 Å². The van der Waals surface area contributed by atoms with E-state index in [1.54, 1.807) is 12.1 Å². The Morgan fingerprint density at radius 2 is 1.93 bits per heavy atom. The maximum atomic E-state index is 13.0. The fourth-order valence-electron chi connectivity index (χ4n) is 3.94. The first-order valence-corrected chi connectivity index (χ1v) is 10.5. The average molecular weight is 409 g/mol. The number of carbonyl (C=O) groups excluding carboxylic acids is 2. The molecular formula is C23H24N2O3S. The molecule has 1 aliphatic rings. The van der Waals surface area contributed by atoms with Gasteiger partial charge in [0.25, 0.3) is 11.8 Å². The van der Waals surface area contributed by atoms with E-state index in [1.807, 2.05) is 19.1 Å². The quantitative estimate of drug-likeness (QED) is 0.603. The molecule has 2 N–H and O–H groups in total. The number of rotatable bonds is 4. The number of carbonyl (C=O) groups is 2. The molecule has 150 valence electrons. The number of aryl methyl sites for hydroxylation is 1. The van der Waals surface area contributed by atoms with E-state index < -0.39 is 0 Å². The highest BCUT2D eigenvalue weighted by Gasteiger charge is 2.33. The van der Waals surface area contributed by atoms with E-state index in [9.17, 15) is 9.59 Å². The lowest BCUT2D eigenvalue weighted by molar-refractivity contribution is 0.0932. The molecule has 0 spiro atoms. The van der Waals surface area contributed by atoms with Gasteiger partial charge in [-0.1, -0.05) is 38.1 Å². The molecule has 2 aromatic heterocycles. The standard InChI is InChI=1S/C23H24N2O3S/c1-14-13-19(25-21(26)18-9-6-12-28-18)29-20(14)22(27)24-17-10-11-23(2,3)16-8-5-4-7-15(16)17/h4-9,12-13,17H,10-11H2,1-3H3,(H,24,27)(H,25,26). The van der Waals surface area contributed by atoms with Crippen molar-refractivity contribution in [2.45, 2.75) is 45.1 Å². The fourth-order valence-corrected chi connectivity index (χ4v) is 4.91. The normalized spacial score (nSPS) is 17.4. The Kier molecular flexibility index (Phi) is 5.04. The molecule has 1 aliphatic carbocycles. The van der Waals surface area contributed by atoms with Gasteiger partial charge in [0, 0.05) is 0 Å². The number of nitrogens with one attached hydrogen (secondary N) is 2. The molecular weight excluding hydrogens is 384 g/mol. The minimum Gasteiger partial charge on any atom is -0.459 e. The second-order valence-corrected chi connectivity index (χ2v) is 9.14. The zero-order chi connectivity index (χ0) is 20.6. The molecule has 1 unspecified atom stereocenters. The molecule has 0 bridgehead atoms. The summed E-state index contributed by atoms with van der Waals surface area (Å²) in [5, 5.41) is 6.63. The van der Waals surface area contributed by atoms with Crippen molar-refractivity contribution in [1.82, 2.24) is 5.32 Å². The van der Waals surface area contributed by atoms with Crippen molar-refractivity contribution < 1.29 is 14.0 Å². The molecule has 29 heavy (non-hydrogen) atoms. The number of fused-ring (bicyclic) bond motifs is 1. The number of thiophene rings is 1. The lowest BCUT2D eigenvalue weighted by atomic mass is 9.71. The van der Waals surface area contributed by atoms with Crippen LogP contribution in [0.1, 0.15) is 69.6 Å². The predicted octanol–water partition coefficient (Wildman–Crippen LogP) is 5.44. The lowest BCUT2D eigenvalue weighted by Crippen LogP contribution is -2.35. The van der Waals surface area contributed by atoms with Crippen molar-refractivity contribution >= 4 is 28.2 Å². The SMILES string of the molecule is Cc1cc(NC(=O)c2ccco2)sc1C(=O)NC1CCC(C)(C)c2ccccc21. The molecule has 5 nitrogen and oxygen atoms in total. The first-order valence-electron chi connectivity index (χ1n) is 9.71. The molecule has 2 heterocycles. The van der Waals surface area contributed by atoms with Crippen molar-refractivity contribution in [3.63, 3.8) is 0 Å². The predicted molar refractivity (Wildman–Crippen MR) is 115 cm³/mol. The molecule has 0 saturated heterocycles. The third-order valence-electron chi connectivity index (χ3n) is 5.53. The van der Waals surface area contributed by atoms with Crippen LogP contribution < -0.4 is 10.6 Å². The summed E-state index contributed by atoms with van der Waals surface area (Å²) in [6, 6.07) is 13.4. The number of anilines is 1. The third-order valence-corrected chi connectivity index (χ3v) is 6.69. The number of benzene rings is 1. The molecule has 2 amide bonds. The molecule has 0 aliphatic heterocycles. The fraction of sp³-hybridized carbons (Fsp3) is 0.304. The summed E-state index contributed by atoms with van der Waals surface area (Å²) in [6.07, 6.45) is 3.38. The maximum absolute atomic E-state index is 13.0. The first kappa shape index (κ1) is 19.5. The Balaban J connectivity index is 1.51. The van der Waals surface area contributed by atoms with Crippen LogP contribution in [-0.2, 0) is 5.41 Å². The van der Waals surface area contributed by atoms with Gasteiger partial charge in [-0.2, -0.15) is 0 Å². The van der Waals surface area contributed by atoms with Crippen molar-refractivity contribution in [1.29, 1.82) is 0 Å². The number of amides is 2. The first-order chi connectivity index (χ1) is 13.8. The number of furan rings is 1. The van der Waals surface area contributed by atoms with Crippen molar-refractivity contribution in [3.8, 4) is 0 Å². The van der Waals surface area contributed by atoms with E-state index >= 15 is 0 Å². The molecule has 0 saturated carbocycles.